The van der Waals surface area contributed by atoms with Crippen LogP contribution in [0.2, 0.25) is 0 Å². The molecule has 6 heteroatoms. The van der Waals surface area contributed by atoms with Crippen LogP contribution in [0.15, 0.2) is 29.3 Å². The molecule has 3 aliphatic rings. The molecule has 4 rings (SSSR count). The molecule has 27 heavy (non-hydrogen) atoms. The quantitative estimate of drug-likeness (QED) is 0.392. The van der Waals surface area contributed by atoms with E-state index in [1.807, 2.05) is 12.1 Å². The number of guanidine groups is 1. The van der Waals surface area contributed by atoms with Crippen molar-refractivity contribution in [2.75, 3.05) is 39.3 Å². The van der Waals surface area contributed by atoms with Crippen LogP contribution in [0.5, 0.6) is 0 Å². The minimum atomic E-state index is -0.0809. The minimum Gasteiger partial charge on any atom is -0.353 e. The van der Waals surface area contributed by atoms with E-state index in [0.29, 0.717) is 6.04 Å². The maximum Gasteiger partial charge on any atom is 0.194 e. The summed E-state index contributed by atoms with van der Waals surface area (Å²) in [4.78, 5) is 9.76. The van der Waals surface area contributed by atoms with E-state index < -0.39 is 0 Å². The number of halogens is 2. The smallest absolute Gasteiger partial charge is 0.194 e. The van der Waals surface area contributed by atoms with Gasteiger partial charge in [0.1, 0.15) is 5.82 Å². The summed E-state index contributed by atoms with van der Waals surface area (Å²) in [5.74, 6) is 1.97. The van der Waals surface area contributed by atoms with Crippen LogP contribution < -0.4 is 5.32 Å². The Morgan fingerprint density at radius 3 is 2.74 bits per heavy atom. The van der Waals surface area contributed by atoms with Crippen molar-refractivity contribution >= 4 is 29.9 Å². The number of hydrogen-bond acceptors (Lipinski definition) is 2. The molecule has 3 unspecified atom stereocenters. The Morgan fingerprint density at radius 2 is 2.00 bits per heavy atom. The Balaban J connectivity index is 0.00000210. The van der Waals surface area contributed by atoms with E-state index >= 15 is 0 Å². The molecule has 2 heterocycles. The number of rotatable bonds is 5. The third-order valence-electron chi connectivity index (χ3n) is 6.02. The Hall–Kier alpha value is -0.890. The fourth-order valence-electron chi connectivity index (χ4n) is 4.53. The highest BCUT2D eigenvalue weighted by Crippen LogP contribution is 2.42. The molecule has 3 atom stereocenters. The van der Waals surface area contributed by atoms with Crippen LogP contribution in [0.1, 0.15) is 44.1 Å². The predicted octanol–water partition coefficient (Wildman–Crippen LogP) is 3.68. The third kappa shape index (κ3) is 5.13. The van der Waals surface area contributed by atoms with Gasteiger partial charge >= 0.3 is 0 Å². The molecular weight excluding hydrogens is 454 g/mol. The second kappa shape index (κ2) is 9.54. The van der Waals surface area contributed by atoms with Crippen LogP contribution >= 0.6 is 24.0 Å². The lowest BCUT2D eigenvalue weighted by Gasteiger charge is -2.24. The molecule has 0 radical (unpaired) electrons. The summed E-state index contributed by atoms with van der Waals surface area (Å²) >= 11 is 0. The average Bonchev–Trinajstić information content (AvgIpc) is 3.01. The van der Waals surface area contributed by atoms with Crippen molar-refractivity contribution in [3.05, 3.63) is 35.6 Å². The first-order chi connectivity index (χ1) is 12.7. The molecule has 1 aromatic rings. The van der Waals surface area contributed by atoms with Crippen LogP contribution in [-0.4, -0.2) is 61.1 Å². The molecule has 4 nitrogen and oxygen atoms in total. The van der Waals surface area contributed by atoms with Gasteiger partial charge < -0.3 is 15.1 Å². The Bertz CT molecular complexity index is 647. The average molecular weight is 486 g/mol. The minimum absolute atomic E-state index is 0. The van der Waals surface area contributed by atoms with Crippen LogP contribution in [0, 0.1) is 11.7 Å². The molecule has 1 saturated carbocycles. The van der Waals surface area contributed by atoms with Gasteiger partial charge in [-0.1, -0.05) is 18.2 Å². The molecule has 1 N–H and O–H groups in total. The Kier molecular flexibility index (Phi) is 7.36. The van der Waals surface area contributed by atoms with Gasteiger partial charge in [0.15, 0.2) is 5.96 Å². The second-order valence-electron chi connectivity index (χ2n) is 8.02. The van der Waals surface area contributed by atoms with Crippen molar-refractivity contribution in [3.63, 3.8) is 0 Å². The maximum absolute atomic E-state index is 14.0. The zero-order valence-corrected chi connectivity index (χ0v) is 18.6. The van der Waals surface area contributed by atoms with Crippen LogP contribution in [0.4, 0.5) is 4.39 Å². The highest BCUT2D eigenvalue weighted by Gasteiger charge is 2.41. The van der Waals surface area contributed by atoms with Gasteiger partial charge in [0, 0.05) is 38.1 Å². The van der Waals surface area contributed by atoms with Crippen LogP contribution in [0.25, 0.3) is 0 Å². The predicted molar refractivity (Wildman–Crippen MR) is 119 cm³/mol. The van der Waals surface area contributed by atoms with Crippen molar-refractivity contribution in [2.24, 2.45) is 10.9 Å². The van der Waals surface area contributed by atoms with Gasteiger partial charge in [-0.15, -0.1) is 24.0 Å². The normalized spacial score (nSPS) is 28.3. The molecule has 0 aromatic heterocycles. The molecule has 3 fully saturated rings. The van der Waals surface area contributed by atoms with E-state index in [2.05, 4.69) is 22.0 Å². The number of likely N-dealkylation sites (tertiary alicyclic amines) is 2. The monoisotopic (exact) mass is 486 g/mol. The van der Waals surface area contributed by atoms with Crippen LogP contribution in [-0.2, 0) is 0 Å². The SMILES string of the molecule is CCN=C(NC1CC1c1ccccc1F)N1CCC(CN2CCCC2)C1.I. The van der Waals surface area contributed by atoms with Gasteiger partial charge in [-0.3, -0.25) is 4.99 Å². The first kappa shape index (κ1) is 20.8. The lowest BCUT2D eigenvalue weighted by molar-refractivity contribution is 0.281. The molecule has 150 valence electrons. The number of nitrogens with zero attached hydrogens (tertiary/aromatic N) is 3. The number of hydrogen-bond donors (Lipinski definition) is 1. The van der Waals surface area contributed by atoms with Crippen molar-refractivity contribution < 1.29 is 4.39 Å². The van der Waals surface area contributed by atoms with Crippen molar-refractivity contribution in [1.82, 2.24) is 15.1 Å². The van der Waals surface area contributed by atoms with Gasteiger partial charge in [0.2, 0.25) is 0 Å². The molecule has 0 amide bonds. The van der Waals surface area contributed by atoms with E-state index in [4.69, 9.17) is 4.99 Å². The standard InChI is InChI=1S/C21H31FN4.HI/c1-2-23-21(24-20-13-18(20)17-7-3-4-8-19(17)22)26-12-9-16(15-26)14-25-10-5-6-11-25;/h3-4,7-8,16,18,20H,2,5-6,9-15H2,1H3,(H,23,24);1H. The molecule has 2 aliphatic heterocycles. The molecule has 1 aromatic carbocycles. The maximum atomic E-state index is 14.0. The largest absolute Gasteiger partial charge is 0.353 e. The third-order valence-corrected chi connectivity index (χ3v) is 6.02. The van der Waals surface area contributed by atoms with Gasteiger partial charge in [0.05, 0.1) is 0 Å². The summed E-state index contributed by atoms with van der Waals surface area (Å²) in [6.07, 6.45) is 4.97. The van der Waals surface area contributed by atoms with E-state index in [1.165, 1.54) is 38.9 Å². The van der Waals surface area contributed by atoms with Crippen molar-refractivity contribution in [3.8, 4) is 0 Å². The van der Waals surface area contributed by atoms with Crippen molar-refractivity contribution in [2.45, 2.75) is 44.6 Å². The van der Waals surface area contributed by atoms with Gasteiger partial charge in [0.25, 0.3) is 0 Å². The lowest BCUT2D eigenvalue weighted by Crippen LogP contribution is -2.42. The van der Waals surface area contributed by atoms with E-state index in [9.17, 15) is 4.39 Å². The summed E-state index contributed by atoms with van der Waals surface area (Å²) in [5.41, 5.74) is 0.842. The summed E-state index contributed by atoms with van der Waals surface area (Å²) in [5, 5.41) is 3.62. The number of aliphatic imine (C=N–C) groups is 1. The fourth-order valence-corrected chi connectivity index (χ4v) is 4.53. The topological polar surface area (TPSA) is 30.9 Å². The zero-order valence-electron chi connectivity index (χ0n) is 16.2. The van der Waals surface area contributed by atoms with Crippen LogP contribution in [0.3, 0.4) is 0 Å². The Morgan fingerprint density at radius 1 is 1.22 bits per heavy atom. The van der Waals surface area contributed by atoms with Crippen molar-refractivity contribution in [1.29, 1.82) is 0 Å². The number of benzene rings is 1. The Labute approximate surface area is 179 Å². The lowest BCUT2D eigenvalue weighted by atomic mass is 10.1. The highest BCUT2D eigenvalue weighted by atomic mass is 127. The summed E-state index contributed by atoms with van der Waals surface area (Å²) in [6, 6.07) is 7.49. The van der Waals surface area contributed by atoms with E-state index in [0.717, 1.165) is 43.5 Å². The fraction of sp³-hybridized carbons (Fsp3) is 0.667. The highest BCUT2D eigenvalue weighted by molar-refractivity contribution is 14.0. The molecule has 1 aliphatic carbocycles. The molecular formula is C21H32FIN4. The zero-order chi connectivity index (χ0) is 17.9. The van der Waals surface area contributed by atoms with Gasteiger partial charge in [-0.25, -0.2) is 4.39 Å². The summed E-state index contributed by atoms with van der Waals surface area (Å²) in [7, 11) is 0. The molecule has 2 saturated heterocycles. The number of nitrogens with one attached hydrogen (secondary N) is 1. The first-order valence-electron chi connectivity index (χ1n) is 10.3. The second-order valence-corrected chi connectivity index (χ2v) is 8.02. The van der Waals surface area contributed by atoms with Gasteiger partial charge in [-0.2, -0.15) is 0 Å². The van der Waals surface area contributed by atoms with E-state index in [-0.39, 0.29) is 35.7 Å². The molecule has 0 spiro atoms. The summed E-state index contributed by atoms with van der Waals surface area (Å²) < 4.78 is 14.0. The summed E-state index contributed by atoms with van der Waals surface area (Å²) in [6.45, 7) is 8.83. The van der Waals surface area contributed by atoms with E-state index in [1.54, 1.807) is 12.1 Å². The molecule has 0 bridgehead atoms. The first-order valence-corrected chi connectivity index (χ1v) is 10.3. The van der Waals surface area contributed by atoms with Gasteiger partial charge in [-0.05, 0) is 63.2 Å².